The molecule has 3 N–H and O–H groups in total. The van der Waals surface area contributed by atoms with E-state index < -0.39 is 11.7 Å². The van der Waals surface area contributed by atoms with E-state index in [4.69, 9.17) is 4.74 Å². The van der Waals surface area contributed by atoms with Crippen LogP contribution < -0.4 is 0 Å². The predicted molar refractivity (Wildman–Crippen MR) is 91.4 cm³/mol. The Morgan fingerprint density at radius 1 is 1.12 bits per heavy atom. The molecule has 3 aliphatic carbocycles. The van der Waals surface area contributed by atoms with Crippen molar-refractivity contribution in [3.05, 3.63) is 11.1 Å². The Balaban J connectivity index is 1.81. The first-order valence-electron chi connectivity index (χ1n) is 9.50. The maximum absolute atomic E-state index is 11.7. The lowest BCUT2D eigenvalue weighted by atomic mass is 9.48. The van der Waals surface area contributed by atoms with Crippen LogP contribution in [0.2, 0.25) is 0 Å². The van der Waals surface area contributed by atoms with Gasteiger partial charge in [0.2, 0.25) is 0 Å². The monoisotopic (exact) mass is 336 g/mol. The van der Waals surface area contributed by atoms with Crippen molar-refractivity contribution in [2.75, 3.05) is 6.61 Å². The largest absolute Gasteiger partial charge is 0.392 e. The SMILES string of the molecule is CC1=C2CCC3(C)C(O)C[C@H]4OCC4[C@H]3C[C@@](O)(C[C@@H]1O)C2(C)C. The lowest BCUT2D eigenvalue weighted by Gasteiger charge is -2.62. The molecule has 4 nitrogen and oxygen atoms in total. The summed E-state index contributed by atoms with van der Waals surface area (Å²) < 4.78 is 5.70. The van der Waals surface area contributed by atoms with Gasteiger partial charge in [0.25, 0.3) is 0 Å². The number of ether oxygens (including phenoxy) is 1. The van der Waals surface area contributed by atoms with Crippen molar-refractivity contribution in [3.63, 3.8) is 0 Å². The third-order valence-electron chi connectivity index (χ3n) is 8.46. The summed E-state index contributed by atoms with van der Waals surface area (Å²) in [5.74, 6) is 0.681. The Labute approximate surface area is 144 Å². The van der Waals surface area contributed by atoms with Crippen LogP contribution in [0.25, 0.3) is 0 Å². The topological polar surface area (TPSA) is 69.9 Å². The standard InChI is InChI=1S/C20H32O4/c1-11-13-5-6-19(4)14(12-10-24-16(12)7-17(19)22)8-20(23,9-15(11)21)18(13,2)3/h12,14-17,21-23H,5-10H2,1-4H3/t12?,14-,15+,16-,17?,19?,20-/m1/s1. The fourth-order valence-electron chi connectivity index (χ4n) is 6.23. The zero-order chi connectivity index (χ0) is 17.5. The minimum Gasteiger partial charge on any atom is -0.392 e. The van der Waals surface area contributed by atoms with Crippen LogP contribution in [0.15, 0.2) is 11.1 Å². The van der Waals surface area contributed by atoms with Gasteiger partial charge in [0, 0.05) is 24.2 Å². The van der Waals surface area contributed by atoms with Crippen molar-refractivity contribution < 1.29 is 20.1 Å². The van der Waals surface area contributed by atoms with Crippen molar-refractivity contribution in [2.24, 2.45) is 22.7 Å². The van der Waals surface area contributed by atoms with Crippen molar-refractivity contribution in [3.8, 4) is 0 Å². The lowest BCUT2D eigenvalue weighted by molar-refractivity contribution is -0.245. The second-order valence-electron chi connectivity index (χ2n) is 9.64. The lowest BCUT2D eigenvalue weighted by Crippen LogP contribution is -2.64. The molecule has 3 unspecified atom stereocenters. The van der Waals surface area contributed by atoms with Crippen molar-refractivity contribution in [1.29, 1.82) is 0 Å². The van der Waals surface area contributed by atoms with Gasteiger partial charge in [-0.05, 0) is 43.1 Å². The van der Waals surface area contributed by atoms with Crippen LogP contribution in [-0.4, -0.2) is 45.8 Å². The second kappa shape index (κ2) is 5.06. The van der Waals surface area contributed by atoms with E-state index in [2.05, 4.69) is 20.8 Å². The highest BCUT2D eigenvalue weighted by Gasteiger charge is 2.61. The number of hydrogen-bond donors (Lipinski definition) is 3. The third-order valence-corrected chi connectivity index (χ3v) is 8.46. The number of fused-ring (bicyclic) bond motifs is 5. The molecule has 1 saturated heterocycles. The third kappa shape index (κ3) is 2.00. The Hall–Kier alpha value is -0.420. The summed E-state index contributed by atoms with van der Waals surface area (Å²) in [6.07, 6.45) is 2.75. The Bertz CT molecular complexity index is 582. The molecule has 0 amide bonds. The summed E-state index contributed by atoms with van der Waals surface area (Å²) in [4.78, 5) is 0. The molecule has 1 aliphatic heterocycles. The molecule has 2 saturated carbocycles. The minimum atomic E-state index is -0.926. The highest BCUT2D eigenvalue weighted by Crippen LogP contribution is 2.61. The molecule has 0 aromatic heterocycles. The normalized spacial score (nSPS) is 53.4. The van der Waals surface area contributed by atoms with Crippen molar-refractivity contribution in [1.82, 2.24) is 0 Å². The highest BCUT2D eigenvalue weighted by molar-refractivity contribution is 5.33. The van der Waals surface area contributed by atoms with Gasteiger partial charge in [-0.15, -0.1) is 0 Å². The Morgan fingerprint density at radius 3 is 2.46 bits per heavy atom. The van der Waals surface area contributed by atoms with E-state index in [0.717, 1.165) is 31.4 Å². The second-order valence-corrected chi connectivity index (χ2v) is 9.64. The molecule has 1 heterocycles. The molecule has 0 aromatic carbocycles. The Kier molecular flexibility index (Phi) is 3.59. The van der Waals surface area contributed by atoms with Crippen LogP contribution in [-0.2, 0) is 4.74 Å². The molecule has 4 heteroatoms. The van der Waals surface area contributed by atoms with Crippen LogP contribution >= 0.6 is 0 Å². The van der Waals surface area contributed by atoms with Crippen molar-refractivity contribution in [2.45, 2.75) is 83.7 Å². The first-order valence-corrected chi connectivity index (χ1v) is 9.50. The zero-order valence-electron chi connectivity index (χ0n) is 15.4. The number of rotatable bonds is 0. The quantitative estimate of drug-likeness (QED) is 0.594. The highest BCUT2D eigenvalue weighted by atomic mass is 16.5. The molecule has 7 atom stereocenters. The van der Waals surface area contributed by atoms with E-state index in [1.807, 2.05) is 6.92 Å². The van der Waals surface area contributed by atoms with Gasteiger partial charge in [-0.1, -0.05) is 26.3 Å². The number of aliphatic hydroxyl groups excluding tert-OH is 2. The fourth-order valence-corrected chi connectivity index (χ4v) is 6.23. The van der Waals surface area contributed by atoms with Gasteiger partial charge < -0.3 is 20.1 Å². The van der Waals surface area contributed by atoms with E-state index in [1.54, 1.807) is 0 Å². The van der Waals surface area contributed by atoms with Gasteiger partial charge in [-0.3, -0.25) is 0 Å². The van der Waals surface area contributed by atoms with E-state index in [0.29, 0.717) is 18.8 Å². The predicted octanol–water partition coefficient (Wildman–Crippen LogP) is 2.41. The van der Waals surface area contributed by atoms with Gasteiger partial charge >= 0.3 is 0 Å². The molecular weight excluding hydrogens is 304 g/mol. The smallest absolute Gasteiger partial charge is 0.0778 e. The van der Waals surface area contributed by atoms with E-state index in [-0.39, 0.29) is 29.0 Å². The summed E-state index contributed by atoms with van der Waals surface area (Å²) >= 11 is 0. The molecule has 24 heavy (non-hydrogen) atoms. The van der Waals surface area contributed by atoms with Crippen LogP contribution in [0.4, 0.5) is 0 Å². The molecule has 3 fully saturated rings. The maximum atomic E-state index is 11.7. The average molecular weight is 336 g/mol. The molecule has 4 rings (SSSR count). The van der Waals surface area contributed by atoms with Crippen LogP contribution in [0.1, 0.15) is 59.8 Å². The molecule has 0 spiro atoms. The molecule has 0 aromatic rings. The molecule has 4 aliphatic rings. The summed E-state index contributed by atoms with van der Waals surface area (Å²) in [6.45, 7) is 9.23. The van der Waals surface area contributed by atoms with Gasteiger partial charge in [-0.25, -0.2) is 0 Å². The number of aliphatic hydroxyl groups is 3. The first kappa shape index (κ1) is 17.0. The van der Waals surface area contributed by atoms with Gasteiger partial charge in [0.15, 0.2) is 0 Å². The summed E-state index contributed by atoms with van der Waals surface area (Å²) in [6, 6.07) is 0. The van der Waals surface area contributed by atoms with Crippen LogP contribution in [0.3, 0.4) is 0 Å². The summed E-state index contributed by atoms with van der Waals surface area (Å²) in [5.41, 5.74) is 0.790. The first-order chi connectivity index (χ1) is 11.1. The molecule has 2 bridgehead atoms. The zero-order valence-corrected chi connectivity index (χ0v) is 15.4. The van der Waals surface area contributed by atoms with E-state index in [1.165, 1.54) is 5.57 Å². The van der Waals surface area contributed by atoms with Gasteiger partial charge in [0.05, 0.1) is 30.5 Å². The molecule has 136 valence electrons. The summed E-state index contributed by atoms with van der Waals surface area (Å²) in [7, 11) is 0. The maximum Gasteiger partial charge on any atom is 0.0778 e. The Morgan fingerprint density at radius 2 is 1.83 bits per heavy atom. The van der Waals surface area contributed by atoms with Gasteiger partial charge in [0.1, 0.15) is 0 Å². The van der Waals surface area contributed by atoms with Crippen molar-refractivity contribution >= 4 is 0 Å². The van der Waals surface area contributed by atoms with Gasteiger partial charge in [-0.2, -0.15) is 0 Å². The number of hydrogen-bond acceptors (Lipinski definition) is 4. The molecular formula is C20H32O4. The van der Waals surface area contributed by atoms with Crippen LogP contribution in [0.5, 0.6) is 0 Å². The minimum absolute atomic E-state index is 0.148. The van der Waals surface area contributed by atoms with E-state index >= 15 is 0 Å². The van der Waals surface area contributed by atoms with E-state index in [9.17, 15) is 15.3 Å². The molecule has 0 radical (unpaired) electrons. The summed E-state index contributed by atoms with van der Waals surface area (Å²) in [5, 5.41) is 33.1. The van der Waals surface area contributed by atoms with Crippen LogP contribution in [0, 0.1) is 22.7 Å². The fraction of sp³-hybridized carbons (Fsp3) is 0.900. The average Bonchev–Trinajstić information content (AvgIpc) is 2.46.